The monoisotopic (exact) mass is 265 g/mol. The number of aliphatic hydroxyl groups excluding tert-OH is 1. The first-order chi connectivity index (χ1) is 8.49. The molecule has 100 valence electrons. The molecule has 0 aliphatic heterocycles. The van der Waals surface area contributed by atoms with E-state index in [1.165, 1.54) is 4.88 Å². The summed E-state index contributed by atoms with van der Waals surface area (Å²) in [4.78, 5) is 4.80. The van der Waals surface area contributed by atoms with Crippen molar-refractivity contribution in [1.29, 1.82) is 0 Å². The predicted molar refractivity (Wildman–Crippen MR) is 78.7 cm³/mol. The Labute approximate surface area is 115 Å². The lowest BCUT2D eigenvalue weighted by molar-refractivity contribution is 0.144. The van der Waals surface area contributed by atoms with Crippen molar-refractivity contribution in [3.05, 3.63) is 21.9 Å². The van der Waals surface area contributed by atoms with Gasteiger partial charge in [0, 0.05) is 23.4 Å². The van der Waals surface area contributed by atoms with Crippen molar-refractivity contribution in [2.45, 2.75) is 45.7 Å². The fraction of sp³-hybridized carbons (Fsp3) is 0.600. The number of thiophene rings is 1. The first-order valence-electron chi connectivity index (χ1n) is 6.39. The van der Waals surface area contributed by atoms with E-state index in [1.54, 1.807) is 11.3 Å². The largest absolute Gasteiger partial charge is 0.395 e. The lowest BCUT2D eigenvalue weighted by Crippen LogP contribution is -2.39. The maximum atomic E-state index is 8.68. The Hall–Kier alpha value is -0.820. The van der Waals surface area contributed by atoms with Gasteiger partial charge in [-0.2, -0.15) is 0 Å². The fourth-order valence-corrected chi connectivity index (χ4v) is 2.39. The quantitative estimate of drug-likeness (QED) is 0.827. The highest BCUT2D eigenvalue weighted by atomic mass is 32.1. The van der Waals surface area contributed by atoms with Gasteiger partial charge in [-0.3, -0.25) is 4.90 Å². The summed E-state index contributed by atoms with van der Waals surface area (Å²) in [6.07, 6.45) is 1.69. The van der Waals surface area contributed by atoms with Crippen molar-refractivity contribution in [1.82, 2.24) is 4.90 Å². The minimum Gasteiger partial charge on any atom is -0.395 e. The summed E-state index contributed by atoms with van der Waals surface area (Å²) in [5.74, 6) is 6.04. The SMILES string of the molecule is CCC(C)(C)N(C)Cc1ccc(C#CCCO)s1. The number of rotatable bonds is 5. The maximum Gasteiger partial charge on any atom is 0.0771 e. The minimum absolute atomic E-state index is 0.138. The van der Waals surface area contributed by atoms with Crippen LogP contribution in [0.15, 0.2) is 12.1 Å². The molecule has 0 unspecified atom stereocenters. The fourth-order valence-electron chi connectivity index (χ4n) is 1.45. The molecule has 0 aliphatic rings. The molecule has 1 aromatic rings. The van der Waals surface area contributed by atoms with Gasteiger partial charge in [-0.1, -0.05) is 18.8 Å². The summed E-state index contributed by atoms with van der Waals surface area (Å²) < 4.78 is 0. The Morgan fingerprint density at radius 1 is 1.39 bits per heavy atom. The van der Waals surface area contributed by atoms with Crippen LogP contribution >= 0.6 is 11.3 Å². The standard InChI is InChI=1S/C15H23NOS/c1-5-15(2,3)16(4)12-14-10-9-13(18-14)8-6-7-11-17/h9-10,17H,5,7,11-12H2,1-4H3. The van der Waals surface area contributed by atoms with Crippen LogP contribution in [0.1, 0.15) is 43.4 Å². The molecule has 0 aliphatic carbocycles. The van der Waals surface area contributed by atoms with Gasteiger partial charge in [0.05, 0.1) is 11.5 Å². The summed E-state index contributed by atoms with van der Waals surface area (Å²) in [5, 5.41) is 8.68. The molecule has 2 nitrogen and oxygen atoms in total. The molecule has 3 heteroatoms. The average molecular weight is 265 g/mol. The van der Waals surface area contributed by atoms with Crippen LogP contribution in [0.5, 0.6) is 0 Å². The van der Waals surface area contributed by atoms with E-state index in [9.17, 15) is 0 Å². The smallest absolute Gasteiger partial charge is 0.0771 e. The van der Waals surface area contributed by atoms with Crippen molar-refractivity contribution in [2.24, 2.45) is 0 Å². The van der Waals surface area contributed by atoms with E-state index in [2.05, 4.69) is 56.7 Å². The van der Waals surface area contributed by atoms with Crippen LogP contribution < -0.4 is 0 Å². The van der Waals surface area contributed by atoms with Crippen LogP contribution in [0.2, 0.25) is 0 Å². The van der Waals surface area contributed by atoms with Gasteiger partial charge in [0.1, 0.15) is 0 Å². The molecule has 0 saturated heterocycles. The van der Waals surface area contributed by atoms with Crippen LogP contribution in [0.3, 0.4) is 0 Å². The number of aliphatic hydroxyl groups is 1. The minimum atomic E-state index is 0.138. The van der Waals surface area contributed by atoms with E-state index in [4.69, 9.17) is 5.11 Å². The molecule has 1 rings (SSSR count). The second kappa shape index (κ2) is 6.94. The summed E-state index contributed by atoms with van der Waals surface area (Å²) in [7, 11) is 2.17. The van der Waals surface area contributed by atoms with Crippen LogP contribution in [-0.4, -0.2) is 29.2 Å². The Kier molecular flexibility index (Phi) is 5.87. The normalized spacial score (nSPS) is 11.4. The zero-order valence-corrected chi connectivity index (χ0v) is 12.6. The Bertz CT molecular complexity index is 425. The van der Waals surface area contributed by atoms with Gasteiger partial charge < -0.3 is 5.11 Å². The summed E-state index contributed by atoms with van der Waals surface area (Å²) in [5.41, 5.74) is 0.229. The van der Waals surface area contributed by atoms with E-state index in [0.717, 1.165) is 17.8 Å². The molecule has 0 bridgehead atoms. The van der Waals surface area contributed by atoms with Crippen LogP contribution in [0, 0.1) is 11.8 Å². The Morgan fingerprint density at radius 3 is 2.72 bits per heavy atom. The molecule has 18 heavy (non-hydrogen) atoms. The van der Waals surface area contributed by atoms with Crippen molar-refractivity contribution in [3.8, 4) is 11.8 Å². The molecule has 0 atom stereocenters. The summed E-state index contributed by atoms with van der Waals surface area (Å²) in [6.45, 7) is 7.85. The van der Waals surface area contributed by atoms with E-state index < -0.39 is 0 Å². The topological polar surface area (TPSA) is 23.5 Å². The molecule has 1 aromatic heterocycles. The van der Waals surface area contributed by atoms with Crippen LogP contribution in [0.25, 0.3) is 0 Å². The second-order valence-corrected chi connectivity index (χ2v) is 6.23. The van der Waals surface area contributed by atoms with Gasteiger partial charge >= 0.3 is 0 Å². The van der Waals surface area contributed by atoms with Gasteiger partial charge in [0.15, 0.2) is 0 Å². The molecule has 0 aromatic carbocycles. The molecule has 0 saturated carbocycles. The third kappa shape index (κ3) is 4.45. The van der Waals surface area contributed by atoms with Gasteiger partial charge in [0.2, 0.25) is 0 Å². The highest BCUT2D eigenvalue weighted by molar-refractivity contribution is 7.12. The highest BCUT2D eigenvalue weighted by Gasteiger charge is 2.21. The van der Waals surface area contributed by atoms with E-state index in [1.807, 2.05) is 0 Å². The number of hydrogen-bond donors (Lipinski definition) is 1. The predicted octanol–water partition coefficient (Wildman–Crippen LogP) is 3.10. The molecule has 1 heterocycles. The zero-order chi connectivity index (χ0) is 13.6. The molecule has 0 radical (unpaired) electrons. The zero-order valence-electron chi connectivity index (χ0n) is 11.8. The van der Waals surface area contributed by atoms with E-state index >= 15 is 0 Å². The Balaban J connectivity index is 2.62. The van der Waals surface area contributed by atoms with E-state index in [0.29, 0.717) is 6.42 Å². The number of nitrogens with zero attached hydrogens (tertiary/aromatic N) is 1. The first kappa shape index (κ1) is 15.2. The van der Waals surface area contributed by atoms with E-state index in [-0.39, 0.29) is 12.1 Å². The molecular formula is C15H23NOS. The van der Waals surface area contributed by atoms with Crippen LogP contribution in [0.4, 0.5) is 0 Å². The van der Waals surface area contributed by atoms with Gasteiger partial charge in [-0.05, 0) is 39.4 Å². The van der Waals surface area contributed by atoms with Gasteiger partial charge in [-0.15, -0.1) is 11.3 Å². The summed E-state index contributed by atoms with van der Waals surface area (Å²) >= 11 is 1.74. The van der Waals surface area contributed by atoms with Crippen molar-refractivity contribution in [3.63, 3.8) is 0 Å². The Morgan fingerprint density at radius 2 is 2.11 bits per heavy atom. The van der Waals surface area contributed by atoms with Gasteiger partial charge in [-0.25, -0.2) is 0 Å². The third-order valence-corrected chi connectivity index (χ3v) is 4.39. The lowest BCUT2D eigenvalue weighted by Gasteiger charge is -2.34. The lowest BCUT2D eigenvalue weighted by atomic mass is 10.00. The number of hydrogen-bond acceptors (Lipinski definition) is 3. The molecule has 0 fully saturated rings. The first-order valence-corrected chi connectivity index (χ1v) is 7.21. The van der Waals surface area contributed by atoms with Crippen molar-refractivity contribution < 1.29 is 5.11 Å². The molecule has 0 spiro atoms. The molecular weight excluding hydrogens is 242 g/mol. The molecule has 1 N–H and O–H groups in total. The van der Waals surface area contributed by atoms with Gasteiger partial charge in [0.25, 0.3) is 0 Å². The van der Waals surface area contributed by atoms with Crippen molar-refractivity contribution >= 4 is 11.3 Å². The third-order valence-electron chi connectivity index (χ3n) is 3.40. The van der Waals surface area contributed by atoms with Crippen molar-refractivity contribution in [2.75, 3.05) is 13.7 Å². The second-order valence-electron chi connectivity index (χ2n) is 5.06. The summed E-state index contributed by atoms with van der Waals surface area (Å²) in [6, 6.07) is 4.22. The average Bonchev–Trinajstić information content (AvgIpc) is 2.77. The molecule has 0 amide bonds. The van der Waals surface area contributed by atoms with Crippen LogP contribution in [-0.2, 0) is 6.54 Å². The highest BCUT2D eigenvalue weighted by Crippen LogP contribution is 2.23. The maximum absolute atomic E-state index is 8.68.